The molecule has 1 aliphatic heterocycles. The molecule has 2 aliphatic rings. The van der Waals surface area contributed by atoms with Gasteiger partial charge < -0.3 is 10.2 Å². The summed E-state index contributed by atoms with van der Waals surface area (Å²) in [4.78, 5) is 6.74. The minimum atomic E-state index is 0.770. The molecule has 16 heavy (non-hydrogen) atoms. The third-order valence-electron chi connectivity index (χ3n) is 3.48. The molecule has 1 aromatic heterocycles. The van der Waals surface area contributed by atoms with Gasteiger partial charge in [-0.3, -0.25) is 4.98 Å². The Labute approximate surface area is 96.9 Å². The van der Waals surface area contributed by atoms with Crippen LogP contribution in [-0.2, 0) is 6.54 Å². The molecule has 0 radical (unpaired) electrons. The highest BCUT2D eigenvalue weighted by molar-refractivity contribution is 5.52. The van der Waals surface area contributed by atoms with Gasteiger partial charge >= 0.3 is 0 Å². The summed E-state index contributed by atoms with van der Waals surface area (Å²) < 4.78 is 0. The van der Waals surface area contributed by atoms with E-state index in [4.69, 9.17) is 0 Å². The van der Waals surface area contributed by atoms with E-state index in [1.165, 1.54) is 50.0 Å². The van der Waals surface area contributed by atoms with Crippen molar-refractivity contribution in [3.05, 3.63) is 24.0 Å². The van der Waals surface area contributed by atoms with Crippen molar-refractivity contribution >= 4 is 5.69 Å². The van der Waals surface area contributed by atoms with Gasteiger partial charge in [0.25, 0.3) is 0 Å². The number of hydrogen-bond acceptors (Lipinski definition) is 3. The molecule has 3 heteroatoms. The van der Waals surface area contributed by atoms with Gasteiger partial charge in [0.05, 0.1) is 0 Å². The highest BCUT2D eigenvalue weighted by atomic mass is 15.1. The summed E-state index contributed by atoms with van der Waals surface area (Å²) >= 11 is 0. The minimum absolute atomic E-state index is 0.770. The standard InChI is InChI=1S/C13H19N3/c1-2-8-16(7-1)13-5-6-14-9-11(13)10-15-12-3-4-12/h5-6,9,12,15H,1-4,7-8,10H2. The van der Waals surface area contributed by atoms with Crippen LogP contribution in [0.4, 0.5) is 5.69 Å². The third-order valence-corrected chi connectivity index (χ3v) is 3.48. The van der Waals surface area contributed by atoms with E-state index in [1.807, 2.05) is 12.4 Å². The highest BCUT2D eigenvalue weighted by Gasteiger charge is 2.21. The minimum Gasteiger partial charge on any atom is -0.371 e. The lowest BCUT2D eigenvalue weighted by molar-refractivity contribution is 0.684. The van der Waals surface area contributed by atoms with Gasteiger partial charge in [0.2, 0.25) is 0 Å². The van der Waals surface area contributed by atoms with Crippen molar-refractivity contribution in [2.45, 2.75) is 38.3 Å². The monoisotopic (exact) mass is 217 g/mol. The van der Waals surface area contributed by atoms with Gasteiger partial charge in [-0.2, -0.15) is 0 Å². The van der Waals surface area contributed by atoms with E-state index in [2.05, 4.69) is 21.3 Å². The molecule has 3 rings (SSSR count). The SMILES string of the molecule is c1cc(N2CCCC2)c(CNC2CC2)cn1. The van der Waals surface area contributed by atoms with Crippen LogP contribution in [0.3, 0.4) is 0 Å². The van der Waals surface area contributed by atoms with Crippen molar-refractivity contribution in [2.24, 2.45) is 0 Å². The fourth-order valence-electron chi connectivity index (χ4n) is 2.36. The maximum atomic E-state index is 4.25. The van der Waals surface area contributed by atoms with E-state index in [0.717, 1.165) is 12.6 Å². The second-order valence-electron chi connectivity index (χ2n) is 4.85. The molecule has 1 N–H and O–H groups in total. The molecule has 1 aliphatic carbocycles. The van der Waals surface area contributed by atoms with E-state index in [-0.39, 0.29) is 0 Å². The fourth-order valence-corrected chi connectivity index (χ4v) is 2.36. The first-order chi connectivity index (χ1) is 7.93. The molecular formula is C13H19N3. The average molecular weight is 217 g/mol. The Balaban J connectivity index is 1.73. The van der Waals surface area contributed by atoms with Crippen LogP contribution in [0.25, 0.3) is 0 Å². The zero-order valence-electron chi connectivity index (χ0n) is 9.65. The van der Waals surface area contributed by atoms with Crippen LogP contribution in [0.15, 0.2) is 18.5 Å². The molecule has 0 amide bonds. The van der Waals surface area contributed by atoms with Crippen LogP contribution in [0.5, 0.6) is 0 Å². The Morgan fingerprint density at radius 1 is 1.31 bits per heavy atom. The number of nitrogens with one attached hydrogen (secondary N) is 1. The highest BCUT2D eigenvalue weighted by Crippen LogP contribution is 2.25. The van der Waals surface area contributed by atoms with Gasteiger partial charge in [-0.1, -0.05) is 0 Å². The van der Waals surface area contributed by atoms with Crippen LogP contribution < -0.4 is 10.2 Å². The van der Waals surface area contributed by atoms with E-state index in [9.17, 15) is 0 Å². The molecular weight excluding hydrogens is 198 g/mol. The molecule has 1 saturated heterocycles. The number of hydrogen-bond donors (Lipinski definition) is 1. The molecule has 0 aromatic carbocycles. The summed E-state index contributed by atoms with van der Waals surface area (Å²) in [5, 5.41) is 3.57. The summed E-state index contributed by atoms with van der Waals surface area (Å²) in [5.41, 5.74) is 2.75. The lowest BCUT2D eigenvalue weighted by Gasteiger charge is -2.21. The maximum Gasteiger partial charge on any atom is 0.0442 e. The number of anilines is 1. The van der Waals surface area contributed by atoms with Gasteiger partial charge in [0.1, 0.15) is 0 Å². The van der Waals surface area contributed by atoms with Gasteiger partial charge in [-0.15, -0.1) is 0 Å². The van der Waals surface area contributed by atoms with Crippen LogP contribution in [0, 0.1) is 0 Å². The summed E-state index contributed by atoms with van der Waals surface area (Å²) in [6.07, 6.45) is 9.28. The topological polar surface area (TPSA) is 28.2 Å². The van der Waals surface area contributed by atoms with Crippen molar-refractivity contribution in [2.75, 3.05) is 18.0 Å². The lowest BCUT2D eigenvalue weighted by Crippen LogP contribution is -2.22. The second kappa shape index (κ2) is 4.42. The van der Waals surface area contributed by atoms with Crippen molar-refractivity contribution < 1.29 is 0 Å². The van der Waals surface area contributed by atoms with Crippen molar-refractivity contribution in [1.82, 2.24) is 10.3 Å². The zero-order valence-corrected chi connectivity index (χ0v) is 9.65. The van der Waals surface area contributed by atoms with Gasteiger partial charge in [0.15, 0.2) is 0 Å². The Bertz CT molecular complexity index is 354. The van der Waals surface area contributed by atoms with Gasteiger partial charge in [-0.25, -0.2) is 0 Å². The largest absolute Gasteiger partial charge is 0.371 e. The molecule has 0 bridgehead atoms. The molecule has 86 valence electrons. The van der Waals surface area contributed by atoms with E-state index in [1.54, 1.807) is 0 Å². The van der Waals surface area contributed by atoms with E-state index in [0.29, 0.717) is 0 Å². The van der Waals surface area contributed by atoms with Crippen molar-refractivity contribution in [3.8, 4) is 0 Å². The molecule has 3 nitrogen and oxygen atoms in total. The first kappa shape index (κ1) is 10.1. The Hall–Kier alpha value is -1.09. The summed E-state index contributed by atoms with van der Waals surface area (Å²) in [7, 11) is 0. The Morgan fingerprint density at radius 3 is 2.88 bits per heavy atom. The average Bonchev–Trinajstić information content (AvgIpc) is 3.00. The summed E-state index contributed by atoms with van der Waals surface area (Å²) in [6.45, 7) is 3.39. The Morgan fingerprint density at radius 2 is 2.12 bits per heavy atom. The van der Waals surface area contributed by atoms with E-state index < -0.39 is 0 Å². The smallest absolute Gasteiger partial charge is 0.0442 e. The molecule has 0 unspecified atom stereocenters. The zero-order chi connectivity index (χ0) is 10.8. The predicted octanol–water partition coefficient (Wildman–Crippen LogP) is 1.93. The van der Waals surface area contributed by atoms with Gasteiger partial charge in [0, 0.05) is 49.3 Å². The maximum absolute atomic E-state index is 4.25. The molecule has 0 spiro atoms. The van der Waals surface area contributed by atoms with Crippen LogP contribution >= 0.6 is 0 Å². The quantitative estimate of drug-likeness (QED) is 0.835. The Kier molecular flexibility index (Phi) is 2.79. The van der Waals surface area contributed by atoms with Crippen molar-refractivity contribution in [1.29, 1.82) is 0 Å². The molecule has 0 atom stereocenters. The summed E-state index contributed by atoms with van der Waals surface area (Å²) in [5.74, 6) is 0. The van der Waals surface area contributed by atoms with Crippen LogP contribution in [-0.4, -0.2) is 24.1 Å². The first-order valence-electron chi connectivity index (χ1n) is 6.35. The van der Waals surface area contributed by atoms with Gasteiger partial charge in [-0.05, 0) is 31.7 Å². The fraction of sp³-hybridized carbons (Fsp3) is 0.615. The van der Waals surface area contributed by atoms with Crippen LogP contribution in [0.2, 0.25) is 0 Å². The molecule has 1 aromatic rings. The number of rotatable bonds is 4. The molecule has 2 fully saturated rings. The lowest BCUT2D eigenvalue weighted by atomic mass is 10.2. The number of nitrogens with zero attached hydrogens (tertiary/aromatic N) is 2. The van der Waals surface area contributed by atoms with Crippen LogP contribution in [0.1, 0.15) is 31.2 Å². The van der Waals surface area contributed by atoms with Crippen molar-refractivity contribution in [3.63, 3.8) is 0 Å². The third kappa shape index (κ3) is 2.19. The normalized spacial score (nSPS) is 20.4. The predicted molar refractivity (Wildman–Crippen MR) is 65.5 cm³/mol. The van der Waals surface area contributed by atoms with E-state index >= 15 is 0 Å². The summed E-state index contributed by atoms with van der Waals surface area (Å²) in [6, 6.07) is 2.93. The number of aromatic nitrogens is 1. The molecule has 2 heterocycles. The molecule has 1 saturated carbocycles. The first-order valence-corrected chi connectivity index (χ1v) is 6.35. The second-order valence-corrected chi connectivity index (χ2v) is 4.85. The number of pyridine rings is 1.